The van der Waals surface area contributed by atoms with Crippen molar-refractivity contribution >= 4 is 23.7 Å². The van der Waals surface area contributed by atoms with Gasteiger partial charge in [-0.2, -0.15) is 4.31 Å². The second-order valence-corrected chi connectivity index (χ2v) is 16.8. The second-order valence-electron chi connectivity index (χ2n) is 12.9. The second kappa shape index (κ2) is 18.4. The molecule has 290 valence electrons. The molecule has 15 nitrogen and oxygen atoms in total. The first-order valence-electron chi connectivity index (χ1n) is 17.9. The highest BCUT2D eigenvalue weighted by molar-refractivity contribution is 7.89. The number of aliphatic hydroxyl groups excluding tert-OH is 1. The van der Waals surface area contributed by atoms with Crippen LogP contribution in [-0.4, -0.2) is 101 Å². The number of nitrogens with one attached hydrogen (secondary N) is 1. The zero-order valence-electron chi connectivity index (χ0n) is 30.1. The van der Waals surface area contributed by atoms with E-state index in [0.717, 1.165) is 12.8 Å². The Morgan fingerprint density at radius 1 is 1.00 bits per heavy atom. The molecular formula is C35H51N2O13PS. The van der Waals surface area contributed by atoms with Crippen LogP contribution in [-0.2, 0) is 44.3 Å². The lowest BCUT2D eigenvalue weighted by atomic mass is 10.00. The summed E-state index contributed by atoms with van der Waals surface area (Å²) >= 11 is 0. The van der Waals surface area contributed by atoms with Crippen LogP contribution in [0.3, 0.4) is 0 Å². The maximum absolute atomic E-state index is 14.2. The first-order valence-corrected chi connectivity index (χ1v) is 21.0. The molecule has 0 bridgehead atoms. The van der Waals surface area contributed by atoms with Crippen LogP contribution in [0.4, 0.5) is 4.79 Å². The van der Waals surface area contributed by atoms with Crippen LogP contribution >= 0.6 is 7.60 Å². The van der Waals surface area contributed by atoms with E-state index in [9.17, 15) is 22.9 Å². The molecule has 0 saturated carbocycles. The van der Waals surface area contributed by atoms with Gasteiger partial charge < -0.3 is 47.9 Å². The van der Waals surface area contributed by atoms with E-state index in [-0.39, 0.29) is 69.2 Å². The molecule has 5 atom stereocenters. The average Bonchev–Trinajstić information content (AvgIpc) is 3.88. The number of ether oxygens (including phenoxy) is 6. The summed E-state index contributed by atoms with van der Waals surface area (Å²) < 4.78 is 86.5. The Labute approximate surface area is 305 Å². The zero-order valence-corrected chi connectivity index (χ0v) is 31.9. The number of nitrogens with zero attached hydrogens (tertiary/aromatic N) is 1. The molecule has 0 unspecified atom stereocenters. The minimum absolute atomic E-state index is 0.00204. The molecule has 5 rings (SSSR count). The molecule has 2 aromatic carbocycles. The summed E-state index contributed by atoms with van der Waals surface area (Å²) in [5.74, 6) is 1.11. The van der Waals surface area contributed by atoms with Crippen molar-refractivity contribution in [2.24, 2.45) is 11.8 Å². The van der Waals surface area contributed by atoms with Crippen molar-refractivity contribution in [2.75, 3.05) is 52.7 Å². The molecule has 2 N–H and O–H groups in total. The van der Waals surface area contributed by atoms with E-state index < -0.39 is 48.3 Å². The molecular weight excluding hydrogens is 719 g/mol. The molecule has 2 saturated heterocycles. The number of sulfonamides is 1. The van der Waals surface area contributed by atoms with Gasteiger partial charge in [0.1, 0.15) is 11.9 Å². The van der Waals surface area contributed by atoms with Gasteiger partial charge in [0.05, 0.1) is 49.4 Å². The third-order valence-corrected chi connectivity index (χ3v) is 13.0. The Balaban J connectivity index is 1.35. The van der Waals surface area contributed by atoms with Gasteiger partial charge in [0.2, 0.25) is 16.8 Å². The van der Waals surface area contributed by atoms with E-state index in [1.165, 1.54) is 16.4 Å². The molecule has 3 aliphatic heterocycles. The first-order chi connectivity index (χ1) is 25.0. The summed E-state index contributed by atoms with van der Waals surface area (Å²) in [5.41, 5.74) is 0.702. The zero-order chi connectivity index (χ0) is 37.3. The fourth-order valence-electron chi connectivity index (χ4n) is 6.42. The molecule has 3 heterocycles. The molecule has 2 aromatic rings. The van der Waals surface area contributed by atoms with Crippen molar-refractivity contribution in [3.63, 3.8) is 0 Å². The Morgan fingerprint density at radius 2 is 1.71 bits per heavy atom. The number of alkyl carbamates (subject to hydrolysis) is 1. The highest BCUT2D eigenvalue weighted by Crippen LogP contribution is 2.48. The Morgan fingerprint density at radius 3 is 2.40 bits per heavy atom. The van der Waals surface area contributed by atoms with E-state index in [1.54, 1.807) is 44.2 Å². The number of carbonyl (C=O) groups excluding carboxylic acids is 1. The summed E-state index contributed by atoms with van der Waals surface area (Å²) in [6.07, 6.45) is -1.08. The molecule has 52 heavy (non-hydrogen) atoms. The van der Waals surface area contributed by atoms with Crippen LogP contribution in [0, 0.1) is 11.8 Å². The third kappa shape index (κ3) is 10.2. The molecule has 0 aliphatic carbocycles. The van der Waals surface area contributed by atoms with Crippen LogP contribution in [0.15, 0.2) is 47.4 Å². The topological polar surface area (TPSA) is 178 Å². The predicted molar refractivity (Wildman–Crippen MR) is 189 cm³/mol. The SMILES string of the molecule is CCOP(=O)(COc1ccc(C[C@H](NC(=O)O[C@H]2CO[C@H]3OCC[C@H]32)[C@H](O)CN(CC(CC)CC)S(=O)(=O)c2ccc3c(c2)OCO3)cc1)OCC. The Hall–Kier alpha value is -2.95. The summed E-state index contributed by atoms with van der Waals surface area (Å²) in [6.45, 7) is 8.35. The summed E-state index contributed by atoms with van der Waals surface area (Å²) in [7, 11) is -7.56. The highest BCUT2D eigenvalue weighted by Gasteiger charge is 2.44. The summed E-state index contributed by atoms with van der Waals surface area (Å²) in [5, 5.41) is 14.6. The fourth-order valence-corrected chi connectivity index (χ4v) is 9.28. The maximum Gasteiger partial charge on any atom is 0.407 e. The lowest BCUT2D eigenvalue weighted by Crippen LogP contribution is -2.52. The first kappa shape index (κ1) is 40.2. The van der Waals surface area contributed by atoms with Gasteiger partial charge in [0.25, 0.3) is 0 Å². The van der Waals surface area contributed by atoms with Gasteiger partial charge >= 0.3 is 13.7 Å². The van der Waals surface area contributed by atoms with Gasteiger partial charge in [-0.05, 0) is 62.4 Å². The van der Waals surface area contributed by atoms with Gasteiger partial charge in [-0.3, -0.25) is 4.57 Å². The number of carbonyl (C=O) groups is 1. The lowest BCUT2D eigenvalue weighted by Gasteiger charge is -2.31. The van der Waals surface area contributed by atoms with Crippen molar-refractivity contribution < 1.29 is 60.4 Å². The molecule has 0 spiro atoms. The molecule has 1 amide bonds. The number of hydrogen-bond donors (Lipinski definition) is 2. The van der Waals surface area contributed by atoms with Crippen LogP contribution in [0.2, 0.25) is 0 Å². The quantitative estimate of drug-likeness (QED) is 0.174. The number of fused-ring (bicyclic) bond motifs is 2. The van der Waals surface area contributed by atoms with Crippen LogP contribution < -0.4 is 19.5 Å². The van der Waals surface area contributed by atoms with Crippen molar-refractivity contribution in [1.29, 1.82) is 0 Å². The third-order valence-electron chi connectivity index (χ3n) is 9.42. The van der Waals surface area contributed by atoms with Crippen molar-refractivity contribution in [3.05, 3.63) is 48.0 Å². The normalized spacial score (nSPS) is 20.9. The number of hydrogen-bond acceptors (Lipinski definition) is 13. The van der Waals surface area contributed by atoms with Crippen molar-refractivity contribution in [3.8, 4) is 17.2 Å². The molecule has 0 radical (unpaired) electrons. The molecule has 0 aromatic heterocycles. The van der Waals surface area contributed by atoms with Gasteiger partial charge in [-0.25, -0.2) is 13.2 Å². The Kier molecular flexibility index (Phi) is 14.2. The molecule has 17 heteroatoms. The molecule has 3 aliphatic rings. The van der Waals surface area contributed by atoms with Gasteiger partial charge in [-0.1, -0.05) is 38.8 Å². The minimum Gasteiger partial charge on any atom is -0.481 e. The van der Waals surface area contributed by atoms with Gasteiger partial charge in [0.15, 0.2) is 24.1 Å². The van der Waals surface area contributed by atoms with Crippen molar-refractivity contribution in [1.82, 2.24) is 9.62 Å². The van der Waals surface area contributed by atoms with E-state index >= 15 is 0 Å². The average molecular weight is 771 g/mol. The number of benzene rings is 2. The minimum atomic E-state index is -4.13. The standard InChI is InChI=1S/C35H51N2O13PS/c1-5-24(6-2)19-37(52(41,42)27-13-14-31-32(18-27)46-22-45-31)20-30(38)29(36-35(39)50-33-21-44-34-28(33)15-16-43-34)17-25-9-11-26(12-10-25)47-23-51(40,48-7-3)49-8-4/h9-14,18,24,28-30,33-34,38H,5-8,15-17,19-23H2,1-4H3,(H,36,39)/t28-,29-,30+,33-,34+/m0/s1. The lowest BCUT2D eigenvalue weighted by molar-refractivity contribution is -0.0907. The van der Waals surface area contributed by atoms with Gasteiger partial charge in [-0.15, -0.1) is 0 Å². The summed E-state index contributed by atoms with van der Waals surface area (Å²) in [6, 6.07) is 10.3. The van der Waals surface area contributed by atoms with Crippen LogP contribution in [0.25, 0.3) is 0 Å². The fraction of sp³-hybridized carbons (Fsp3) is 0.629. The van der Waals surface area contributed by atoms with Crippen LogP contribution in [0.1, 0.15) is 52.5 Å². The van der Waals surface area contributed by atoms with E-state index in [2.05, 4.69) is 5.32 Å². The highest BCUT2D eigenvalue weighted by atomic mass is 32.2. The predicted octanol–water partition coefficient (Wildman–Crippen LogP) is 4.90. The monoisotopic (exact) mass is 770 g/mol. The summed E-state index contributed by atoms with van der Waals surface area (Å²) in [4.78, 5) is 13.3. The number of rotatable bonds is 20. The maximum atomic E-state index is 14.2. The smallest absolute Gasteiger partial charge is 0.407 e. The van der Waals surface area contributed by atoms with Crippen LogP contribution in [0.5, 0.6) is 17.2 Å². The Bertz CT molecular complexity index is 1610. The van der Waals surface area contributed by atoms with Crippen molar-refractivity contribution in [2.45, 2.75) is 82.8 Å². The van der Waals surface area contributed by atoms with E-state index in [4.69, 9.17) is 37.5 Å². The van der Waals surface area contributed by atoms with E-state index in [1.807, 2.05) is 13.8 Å². The molecule has 2 fully saturated rings. The number of amides is 1. The van der Waals surface area contributed by atoms with E-state index in [0.29, 0.717) is 35.8 Å². The van der Waals surface area contributed by atoms with Gasteiger partial charge in [0, 0.05) is 19.2 Å². The largest absolute Gasteiger partial charge is 0.481 e. The number of aliphatic hydroxyl groups is 1.